The summed E-state index contributed by atoms with van der Waals surface area (Å²) in [6.45, 7) is 2.80. The second-order valence-electron chi connectivity index (χ2n) is 5.69. The Morgan fingerprint density at radius 3 is 2.89 bits per heavy atom. The van der Waals surface area contributed by atoms with Crippen LogP contribution in [0.15, 0.2) is 40.9 Å². The first kappa shape index (κ1) is 20.3. The van der Waals surface area contributed by atoms with Gasteiger partial charge in [0.2, 0.25) is 5.91 Å². The molecule has 2 heterocycles. The van der Waals surface area contributed by atoms with E-state index >= 15 is 0 Å². The summed E-state index contributed by atoms with van der Waals surface area (Å²) in [7, 11) is 0. The molecule has 11 heteroatoms. The highest BCUT2D eigenvalue weighted by molar-refractivity contribution is 7.99. The summed E-state index contributed by atoms with van der Waals surface area (Å²) < 4.78 is 1.99. The fourth-order valence-corrected chi connectivity index (χ4v) is 4.09. The number of anilines is 1. The maximum Gasteiger partial charge on any atom is 0.271 e. The van der Waals surface area contributed by atoms with Crippen molar-refractivity contribution in [1.82, 2.24) is 14.8 Å². The van der Waals surface area contributed by atoms with E-state index in [9.17, 15) is 14.9 Å². The molecular weight excluding hydrogens is 422 g/mol. The number of thiophene rings is 1. The Balaban J connectivity index is 1.70. The van der Waals surface area contributed by atoms with Gasteiger partial charge in [0.25, 0.3) is 5.69 Å². The third-order valence-electron chi connectivity index (χ3n) is 3.67. The number of nitrogens with zero attached hydrogens (tertiary/aromatic N) is 4. The van der Waals surface area contributed by atoms with Crippen LogP contribution in [0.5, 0.6) is 0 Å². The zero-order valence-corrected chi connectivity index (χ0v) is 17.2. The summed E-state index contributed by atoms with van der Waals surface area (Å²) in [6.07, 6.45) is 0.902. The summed E-state index contributed by atoms with van der Waals surface area (Å²) in [6, 6.07) is 7.83. The summed E-state index contributed by atoms with van der Waals surface area (Å²) in [5, 5.41) is 24.8. The topological polar surface area (TPSA) is 103 Å². The first-order valence-electron chi connectivity index (χ1n) is 8.33. The molecular formula is C17H16ClN5O3S2. The predicted octanol–water partition coefficient (Wildman–Crippen LogP) is 4.71. The van der Waals surface area contributed by atoms with Gasteiger partial charge in [0.05, 0.1) is 26.3 Å². The summed E-state index contributed by atoms with van der Waals surface area (Å²) in [5.74, 6) is 0.517. The van der Waals surface area contributed by atoms with Crippen molar-refractivity contribution in [3.05, 3.63) is 50.8 Å². The van der Waals surface area contributed by atoms with Crippen LogP contribution in [0, 0.1) is 10.1 Å². The van der Waals surface area contributed by atoms with Crippen LogP contribution in [0.4, 0.5) is 11.4 Å². The van der Waals surface area contributed by atoms with Crippen LogP contribution >= 0.6 is 34.7 Å². The summed E-state index contributed by atoms with van der Waals surface area (Å²) >= 11 is 8.85. The second kappa shape index (κ2) is 9.18. The number of nitrogens with one attached hydrogen (secondary N) is 1. The molecule has 0 unspecified atom stereocenters. The number of hydrogen-bond donors (Lipinski definition) is 1. The summed E-state index contributed by atoms with van der Waals surface area (Å²) in [4.78, 5) is 23.7. The molecule has 0 fully saturated rings. The molecule has 1 N–H and O–H groups in total. The third-order valence-corrected chi connectivity index (χ3v) is 5.83. The zero-order chi connectivity index (χ0) is 20.1. The Kier molecular flexibility index (Phi) is 6.65. The first-order valence-corrected chi connectivity index (χ1v) is 10.6. The van der Waals surface area contributed by atoms with Gasteiger partial charge in [-0.2, -0.15) is 0 Å². The van der Waals surface area contributed by atoms with Crippen molar-refractivity contribution in [2.24, 2.45) is 0 Å². The first-order chi connectivity index (χ1) is 13.5. The van der Waals surface area contributed by atoms with Crippen molar-refractivity contribution in [3.63, 3.8) is 0 Å². The van der Waals surface area contributed by atoms with Crippen LogP contribution in [-0.4, -0.2) is 31.3 Å². The van der Waals surface area contributed by atoms with Crippen LogP contribution in [0.25, 0.3) is 10.7 Å². The molecule has 0 aliphatic rings. The SMILES string of the molecule is CCCn1c(SCC(=O)Nc2cc([N+](=O)[O-])ccc2Cl)nnc1-c1cccs1. The fraction of sp³-hybridized carbons (Fsp3) is 0.235. The minimum Gasteiger partial charge on any atom is -0.324 e. The average molecular weight is 438 g/mol. The Hall–Kier alpha value is -2.43. The van der Waals surface area contributed by atoms with Crippen molar-refractivity contribution >= 4 is 52.0 Å². The van der Waals surface area contributed by atoms with E-state index in [0.717, 1.165) is 23.7 Å². The van der Waals surface area contributed by atoms with Crippen LogP contribution in [0.1, 0.15) is 13.3 Å². The lowest BCUT2D eigenvalue weighted by Crippen LogP contribution is -2.15. The van der Waals surface area contributed by atoms with E-state index in [1.165, 1.54) is 30.0 Å². The maximum atomic E-state index is 12.3. The molecule has 1 aromatic carbocycles. The van der Waals surface area contributed by atoms with Crippen molar-refractivity contribution in [1.29, 1.82) is 0 Å². The van der Waals surface area contributed by atoms with Crippen LogP contribution in [-0.2, 0) is 11.3 Å². The quantitative estimate of drug-likeness (QED) is 0.311. The van der Waals surface area contributed by atoms with E-state index in [4.69, 9.17) is 11.6 Å². The number of carbonyl (C=O) groups excluding carboxylic acids is 1. The van der Waals surface area contributed by atoms with E-state index in [-0.39, 0.29) is 28.1 Å². The van der Waals surface area contributed by atoms with Crippen molar-refractivity contribution in [3.8, 4) is 10.7 Å². The van der Waals surface area contributed by atoms with E-state index in [1.54, 1.807) is 11.3 Å². The number of nitro groups is 1. The molecule has 2 aromatic heterocycles. The average Bonchev–Trinajstić information content (AvgIpc) is 3.32. The number of aromatic nitrogens is 3. The Morgan fingerprint density at radius 1 is 1.39 bits per heavy atom. The van der Waals surface area contributed by atoms with E-state index < -0.39 is 4.92 Å². The van der Waals surface area contributed by atoms with Gasteiger partial charge in [-0.3, -0.25) is 14.9 Å². The number of hydrogen-bond acceptors (Lipinski definition) is 7. The molecule has 0 saturated heterocycles. The van der Waals surface area contributed by atoms with Crippen molar-refractivity contribution in [2.75, 3.05) is 11.1 Å². The molecule has 0 atom stereocenters. The molecule has 28 heavy (non-hydrogen) atoms. The standard InChI is InChI=1S/C17H16ClN5O3S2/c1-2-7-22-16(14-4-3-8-27-14)20-21-17(22)28-10-15(24)19-13-9-11(23(25)26)5-6-12(13)18/h3-6,8-9H,2,7,10H2,1H3,(H,19,24). The lowest BCUT2D eigenvalue weighted by atomic mass is 10.3. The molecule has 0 spiro atoms. The van der Waals surface area contributed by atoms with Crippen LogP contribution < -0.4 is 5.32 Å². The van der Waals surface area contributed by atoms with Crippen molar-refractivity contribution < 1.29 is 9.72 Å². The number of amides is 1. The minimum absolute atomic E-state index is 0.0747. The molecule has 0 radical (unpaired) electrons. The molecule has 3 rings (SSSR count). The van der Waals surface area contributed by atoms with Crippen molar-refractivity contribution in [2.45, 2.75) is 25.0 Å². The maximum absolute atomic E-state index is 12.3. The smallest absolute Gasteiger partial charge is 0.271 e. The van der Waals surface area contributed by atoms with Gasteiger partial charge < -0.3 is 9.88 Å². The number of carbonyl (C=O) groups is 1. The number of benzene rings is 1. The number of non-ortho nitro benzene ring substituents is 1. The molecule has 8 nitrogen and oxygen atoms in total. The minimum atomic E-state index is -0.542. The molecule has 0 bridgehead atoms. The van der Waals surface area contributed by atoms with E-state index in [2.05, 4.69) is 22.4 Å². The van der Waals surface area contributed by atoms with Gasteiger partial charge in [0.15, 0.2) is 11.0 Å². The molecule has 1 amide bonds. The monoisotopic (exact) mass is 437 g/mol. The highest BCUT2D eigenvalue weighted by Crippen LogP contribution is 2.29. The Morgan fingerprint density at radius 2 is 2.21 bits per heavy atom. The highest BCUT2D eigenvalue weighted by Gasteiger charge is 2.17. The highest BCUT2D eigenvalue weighted by atomic mass is 35.5. The summed E-state index contributed by atoms with van der Waals surface area (Å²) in [5.41, 5.74) is 0.0615. The van der Waals surface area contributed by atoms with Gasteiger partial charge in [-0.25, -0.2) is 0 Å². The number of rotatable bonds is 8. The molecule has 0 aliphatic heterocycles. The Bertz CT molecular complexity index is 991. The molecule has 146 valence electrons. The van der Waals surface area contributed by atoms with Gasteiger partial charge in [-0.1, -0.05) is 36.4 Å². The molecule has 3 aromatic rings. The van der Waals surface area contributed by atoms with E-state index in [1.807, 2.05) is 22.1 Å². The lowest BCUT2D eigenvalue weighted by molar-refractivity contribution is -0.384. The van der Waals surface area contributed by atoms with Gasteiger partial charge >= 0.3 is 0 Å². The zero-order valence-electron chi connectivity index (χ0n) is 14.8. The second-order valence-corrected chi connectivity index (χ2v) is 7.99. The fourth-order valence-electron chi connectivity index (χ4n) is 2.45. The number of nitro benzene ring substituents is 1. The van der Waals surface area contributed by atoms with Gasteiger partial charge in [-0.05, 0) is 23.9 Å². The van der Waals surface area contributed by atoms with Gasteiger partial charge in [0, 0.05) is 18.7 Å². The van der Waals surface area contributed by atoms with Crippen LogP contribution in [0.2, 0.25) is 5.02 Å². The van der Waals surface area contributed by atoms with Gasteiger partial charge in [0.1, 0.15) is 0 Å². The Labute approximate surface area is 174 Å². The normalized spacial score (nSPS) is 10.8. The van der Waals surface area contributed by atoms with E-state index in [0.29, 0.717) is 5.16 Å². The number of thioether (sulfide) groups is 1. The molecule has 0 saturated carbocycles. The van der Waals surface area contributed by atoms with Crippen LogP contribution in [0.3, 0.4) is 0 Å². The van der Waals surface area contributed by atoms with Gasteiger partial charge in [-0.15, -0.1) is 21.5 Å². The third kappa shape index (κ3) is 4.70. The number of halogens is 1. The largest absolute Gasteiger partial charge is 0.324 e. The molecule has 0 aliphatic carbocycles. The lowest BCUT2D eigenvalue weighted by Gasteiger charge is -2.09. The predicted molar refractivity (Wildman–Crippen MR) is 111 cm³/mol.